The molecule has 0 aliphatic heterocycles. The van der Waals surface area contributed by atoms with Gasteiger partial charge >= 0.3 is 6.18 Å². The number of halogens is 3. The zero-order valence-corrected chi connectivity index (χ0v) is 13.5. The molecule has 3 aromatic rings. The second kappa shape index (κ2) is 5.58. The molecule has 0 aromatic carbocycles. The molecule has 0 fully saturated rings. The number of pyridine rings is 2. The van der Waals surface area contributed by atoms with E-state index in [-0.39, 0.29) is 0 Å². The molecular formula is C17H15F3N4O. The van der Waals surface area contributed by atoms with Crippen LogP contribution in [0.4, 0.5) is 13.2 Å². The van der Waals surface area contributed by atoms with Gasteiger partial charge in [-0.15, -0.1) is 0 Å². The molecule has 0 atom stereocenters. The molecule has 0 bridgehead atoms. The maximum atomic E-state index is 12.9. The third-order valence-corrected chi connectivity index (χ3v) is 4.13. The first-order valence-electron chi connectivity index (χ1n) is 7.42. The van der Waals surface area contributed by atoms with Crippen LogP contribution in [-0.4, -0.2) is 20.4 Å². The van der Waals surface area contributed by atoms with Crippen LogP contribution in [0.2, 0.25) is 0 Å². The van der Waals surface area contributed by atoms with Crippen LogP contribution in [0.15, 0.2) is 42.9 Å². The van der Waals surface area contributed by atoms with Gasteiger partial charge in [-0.2, -0.15) is 13.2 Å². The maximum absolute atomic E-state index is 12.9. The fourth-order valence-corrected chi connectivity index (χ4v) is 2.54. The Balaban J connectivity index is 2.15. The molecule has 130 valence electrons. The normalized spacial score (nSPS) is 12.5. The monoisotopic (exact) mass is 348 g/mol. The number of nitrogens with zero attached hydrogens (tertiary/aromatic N) is 3. The van der Waals surface area contributed by atoms with E-state index >= 15 is 0 Å². The molecule has 0 saturated heterocycles. The largest absolute Gasteiger partial charge is 0.433 e. The number of alkyl halides is 3. The van der Waals surface area contributed by atoms with E-state index < -0.39 is 23.3 Å². The summed E-state index contributed by atoms with van der Waals surface area (Å²) in [4.78, 5) is 19.3. The molecule has 1 amide bonds. The highest BCUT2D eigenvalue weighted by Gasteiger charge is 2.32. The first kappa shape index (κ1) is 16.9. The molecule has 25 heavy (non-hydrogen) atoms. The van der Waals surface area contributed by atoms with Crippen molar-refractivity contribution in [1.29, 1.82) is 0 Å². The summed E-state index contributed by atoms with van der Waals surface area (Å²) in [6.07, 6.45) is -0.254. The molecule has 8 heteroatoms. The van der Waals surface area contributed by atoms with Crippen molar-refractivity contribution in [1.82, 2.24) is 14.5 Å². The minimum absolute atomic E-state index is 0.335. The highest BCUT2D eigenvalue weighted by molar-refractivity contribution is 5.87. The number of nitrogens with two attached hydrogens (primary N) is 1. The van der Waals surface area contributed by atoms with Gasteiger partial charge < -0.3 is 10.3 Å². The van der Waals surface area contributed by atoms with Crippen LogP contribution in [-0.2, 0) is 16.5 Å². The van der Waals surface area contributed by atoms with Gasteiger partial charge in [-0.3, -0.25) is 14.8 Å². The van der Waals surface area contributed by atoms with Crippen molar-refractivity contribution < 1.29 is 18.0 Å². The molecule has 0 unspecified atom stereocenters. The van der Waals surface area contributed by atoms with E-state index in [9.17, 15) is 18.0 Å². The van der Waals surface area contributed by atoms with Gasteiger partial charge in [-0.1, -0.05) is 0 Å². The molecule has 3 rings (SSSR count). The lowest BCUT2D eigenvalue weighted by atomic mass is 10.0. The average molecular weight is 348 g/mol. The zero-order chi connectivity index (χ0) is 18.4. The molecule has 0 aliphatic carbocycles. The van der Waals surface area contributed by atoms with Crippen molar-refractivity contribution in [3.63, 3.8) is 0 Å². The molecule has 0 saturated carbocycles. The summed E-state index contributed by atoms with van der Waals surface area (Å²) in [5, 5.41) is 0. The number of hydrogen-bond acceptors (Lipinski definition) is 3. The Labute approximate surface area is 141 Å². The fraction of sp³-hybridized carbons (Fsp3) is 0.235. The van der Waals surface area contributed by atoms with Crippen LogP contribution in [0.5, 0.6) is 0 Å². The summed E-state index contributed by atoms with van der Waals surface area (Å²) in [6, 6.07) is 5.85. The number of carbonyl (C=O) groups is 1. The third-order valence-electron chi connectivity index (χ3n) is 4.13. The van der Waals surface area contributed by atoms with E-state index in [1.54, 1.807) is 36.7 Å². The lowest BCUT2D eigenvalue weighted by molar-refractivity contribution is -0.141. The van der Waals surface area contributed by atoms with Crippen LogP contribution < -0.4 is 5.73 Å². The Hall–Kier alpha value is -2.90. The lowest BCUT2D eigenvalue weighted by Gasteiger charge is -2.24. The van der Waals surface area contributed by atoms with Crippen LogP contribution >= 0.6 is 0 Å². The summed E-state index contributed by atoms with van der Waals surface area (Å²) in [6.45, 7) is 3.32. The number of primary amides is 1. The lowest BCUT2D eigenvalue weighted by Crippen LogP contribution is -2.40. The summed E-state index contributed by atoms with van der Waals surface area (Å²) >= 11 is 0. The Kier molecular flexibility index (Phi) is 3.78. The fourth-order valence-electron chi connectivity index (χ4n) is 2.54. The van der Waals surface area contributed by atoms with Gasteiger partial charge in [-0.25, -0.2) is 0 Å². The Morgan fingerprint density at radius 1 is 1.12 bits per heavy atom. The third kappa shape index (κ3) is 2.95. The minimum atomic E-state index is -4.53. The SMILES string of the molecule is CC(C)(C(N)=O)n1ccc2ncc(-c3ccnc(C(F)(F)F)c3)cc21. The van der Waals surface area contributed by atoms with Crippen molar-refractivity contribution in [3.05, 3.63) is 48.5 Å². The predicted molar refractivity (Wildman–Crippen MR) is 86.5 cm³/mol. The van der Waals surface area contributed by atoms with Gasteiger partial charge in [0.1, 0.15) is 11.2 Å². The molecule has 2 N–H and O–H groups in total. The number of rotatable bonds is 3. The van der Waals surface area contributed by atoms with E-state index in [2.05, 4.69) is 9.97 Å². The van der Waals surface area contributed by atoms with Crippen molar-refractivity contribution in [2.75, 3.05) is 0 Å². The highest BCUT2D eigenvalue weighted by atomic mass is 19.4. The van der Waals surface area contributed by atoms with Crippen molar-refractivity contribution >= 4 is 16.9 Å². The van der Waals surface area contributed by atoms with E-state index in [4.69, 9.17) is 5.73 Å². The zero-order valence-electron chi connectivity index (χ0n) is 13.5. The van der Waals surface area contributed by atoms with Gasteiger partial charge in [0.2, 0.25) is 5.91 Å². The molecular weight excluding hydrogens is 333 g/mol. The summed E-state index contributed by atoms with van der Waals surface area (Å²) in [5.74, 6) is -0.529. The van der Waals surface area contributed by atoms with E-state index in [1.807, 2.05) is 0 Å². The van der Waals surface area contributed by atoms with Gasteiger partial charge in [0.05, 0.1) is 11.0 Å². The molecule has 3 heterocycles. The highest BCUT2D eigenvalue weighted by Crippen LogP contribution is 2.32. The van der Waals surface area contributed by atoms with Crippen LogP contribution in [0.25, 0.3) is 22.2 Å². The first-order chi connectivity index (χ1) is 11.6. The second-order valence-electron chi connectivity index (χ2n) is 6.16. The van der Waals surface area contributed by atoms with E-state index in [0.29, 0.717) is 22.2 Å². The smallest absolute Gasteiger partial charge is 0.368 e. The maximum Gasteiger partial charge on any atom is 0.433 e. The van der Waals surface area contributed by atoms with Crippen LogP contribution in [0, 0.1) is 0 Å². The first-order valence-corrected chi connectivity index (χ1v) is 7.42. The summed E-state index contributed by atoms with van der Waals surface area (Å²) in [5.41, 5.74) is 5.52. The number of hydrogen-bond donors (Lipinski definition) is 1. The Morgan fingerprint density at radius 3 is 2.48 bits per heavy atom. The summed E-state index contributed by atoms with van der Waals surface area (Å²) in [7, 11) is 0. The second-order valence-corrected chi connectivity index (χ2v) is 6.16. The van der Waals surface area contributed by atoms with Gasteiger partial charge in [0, 0.05) is 24.2 Å². The number of fused-ring (bicyclic) bond motifs is 1. The molecule has 0 aliphatic rings. The quantitative estimate of drug-likeness (QED) is 0.789. The summed E-state index contributed by atoms with van der Waals surface area (Å²) < 4.78 is 40.2. The topological polar surface area (TPSA) is 73.8 Å². The van der Waals surface area contributed by atoms with E-state index in [1.165, 1.54) is 12.3 Å². The van der Waals surface area contributed by atoms with Gasteiger partial charge in [0.25, 0.3) is 0 Å². The number of amides is 1. The molecule has 0 radical (unpaired) electrons. The minimum Gasteiger partial charge on any atom is -0.368 e. The van der Waals surface area contributed by atoms with Crippen molar-refractivity contribution in [3.8, 4) is 11.1 Å². The van der Waals surface area contributed by atoms with Gasteiger partial charge in [-0.05, 0) is 43.7 Å². The van der Waals surface area contributed by atoms with E-state index in [0.717, 1.165) is 12.3 Å². The van der Waals surface area contributed by atoms with Crippen LogP contribution in [0.3, 0.4) is 0 Å². The Bertz CT molecular complexity index is 960. The standard InChI is InChI=1S/C17H15F3N4O/c1-16(2,15(21)25)24-6-4-12-13(24)7-11(9-23-12)10-3-5-22-14(8-10)17(18,19)20/h3-9H,1-2H3,(H2,21,25). The van der Waals surface area contributed by atoms with Gasteiger partial charge in [0.15, 0.2) is 0 Å². The molecule has 3 aromatic heterocycles. The van der Waals surface area contributed by atoms with Crippen molar-refractivity contribution in [2.45, 2.75) is 25.6 Å². The number of carbonyl (C=O) groups excluding carboxylic acids is 1. The average Bonchev–Trinajstić information content (AvgIpc) is 2.97. The van der Waals surface area contributed by atoms with Crippen molar-refractivity contribution in [2.24, 2.45) is 5.73 Å². The predicted octanol–water partition coefficient (Wildman–Crippen LogP) is 3.34. The van der Waals surface area contributed by atoms with Crippen LogP contribution in [0.1, 0.15) is 19.5 Å². The Morgan fingerprint density at radius 2 is 1.84 bits per heavy atom. The number of aromatic nitrogens is 3. The molecule has 5 nitrogen and oxygen atoms in total. The molecule has 0 spiro atoms.